The summed E-state index contributed by atoms with van der Waals surface area (Å²) in [4.78, 5) is 22.8. The van der Waals surface area contributed by atoms with Gasteiger partial charge in [-0.05, 0) is 37.8 Å². The number of benzene rings is 1. The molecule has 4 rings (SSSR count). The minimum atomic E-state index is 0.192. The van der Waals surface area contributed by atoms with E-state index in [2.05, 4.69) is 15.1 Å². The van der Waals surface area contributed by atoms with E-state index >= 15 is 0 Å². The molecule has 1 unspecified atom stereocenters. The summed E-state index contributed by atoms with van der Waals surface area (Å²) in [5, 5.41) is 4.14. The summed E-state index contributed by atoms with van der Waals surface area (Å²) in [5.41, 5.74) is 3.70. The van der Waals surface area contributed by atoms with Gasteiger partial charge in [-0.25, -0.2) is 9.97 Å². The van der Waals surface area contributed by atoms with Gasteiger partial charge in [-0.2, -0.15) is 0 Å². The number of likely N-dealkylation sites (tertiary alicyclic amines) is 1. The Balaban J connectivity index is 1.30. The quantitative estimate of drug-likeness (QED) is 0.614. The first-order valence-electron chi connectivity index (χ1n) is 9.76. The lowest BCUT2D eigenvalue weighted by Gasteiger charge is -2.16. The van der Waals surface area contributed by atoms with Gasteiger partial charge in [0.25, 0.3) is 0 Å². The lowest BCUT2D eigenvalue weighted by molar-refractivity contribution is -0.128. The third-order valence-electron chi connectivity index (χ3n) is 4.92. The van der Waals surface area contributed by atoms with Gasteiger partial charge in [-0.3, -0.25) is 4.79 Å². The van der Waals surface area contributed by atoms with Crippen LogP contribution >= 0.6 is 0 Å². The number of carbonyl (C=O) groups excluding carboxylic acids is 1. The van der Waals surface area contributed by atoms with Gasteiger partial charge in [0.05, 0.1) is 5.69 Å². The third kappa shape index (κ3) is 4.99. The Hall–Kier alpha value is -3.22. The maximum absolute atomic E-state index is 12.3. The highest BCUT2D eigenvalue weighted by atomic mass is 16.5. The first-order chi connectivity index (χ1) is 14.0. The summed E-state index contributed by atoms with van der Waals surface area (Å²) in [6, 6.07) is 14.2. The zero-order valence-corrected chi connectivity index (χ0v) is 16.7. The molecule has 0 radical (unpaired) electrons. The minimum absolute atomic E-state index is 0.192. The second-order valence-corrected chi connectivity index (χ2v) is 7.54. The van der Waals surface area contributed by atoms with Gasteiger partial charge in [-0.15, -0.1) is 0 Å². The molecule has 7 heteroatoms. The van der Waals surface area contributed by atoms with E-state index in [1.54, 1.807) is 0 Å². The fraction of sp³-hybridized carbons (Fsp3) is 0.364. The number of carbonyl (C=O) groups is 1. The molecule has 7 nitrogen and oxygen atoms in total. The number of nitrogens with zero attached hydrogens (tertiary/aromatic N) is 4. The van der Waals surface area contributed by atoms with Crippen LogP contribution < -0.4 is 4.74 Å². The van der Waals surface area contributed by atoms with Crippen molar-refractivity contribution in [2.24, 2.45) is 5.92 Å². The molecule has 1 amide bonds. The van der Waals surface area contributed by atoms with Crippen LogP contribution in [0.1, 0.15) is 34.8 Å². The molecule has 1 atom stereocenters. The van der Waals surface area contributed by atoms with E-state index in [1.807, 2.05) is 61.2 Å². The van der Waals surface area contributed by atoms with Crippen molar-refractivity contribution in [1.29, 1.82) is 0 Å². The van der Waals surface area contributed by atoms with E-state index in [4.69, 9.17) is 9.26 Å². The maximum atomic E-state index is 12.3. The zero-order valence-electron chi connectivity index (χ0n) is 16.7. The maximum Gasteiger partial charge on any atom is 0.317 e. The predicted octanol–water partition coefficient (Wildman–Crippen LogP) is 3.25. The summed E-state index contributed by atoms with van der Waals surface area (Å²) >= 11 is 0. The number of amides is 1. The molecule has 0 N–H and O–H groups in total. The van der Waals surface area contributed by atoms with Crippen molar-refractivity contribution in [2.75, 3.05) is 6.54 Å². The van der Waals surface area contributed by atoms with Crippen LogP contribution in [0.5, 0.6) is 6.01 Å². The van der Waals surface area contributed by atoms with Crippen molar-refractivity contribution in [1.82, 2.24) is 20.0 Å². The second-order valence-electron chi connectivity index (χ2n) is 7.54. The molecule has 0 aliphatic carbocycles. The zero-order chi connectivity index (χ0) is 20.2. The fourth-order valence-corrected chi connectivity index (χ4v) is 3.66. The Labute approximate surface area is 169 Å². The standard InChI is InChI=1S/C22H24N4O3/c1-15-8-16(2)24-22(23-15)28-14-20-11-19(25-29-20)9-18-10-21(27)26(13-18)12-17-6-4-3-5-7-17/h3-8,11,18H,9-10,12-14H2,1-2H3. The van der Waals surface area contributed by atoms with E-state index in [1.165, 1.54) is 0 Å². The minimum Gasteiger partial charge on any atom is -0.455 e. The van der Waals surface area contributed by atoms with Crippen LogP contribution in [0.25, 0.3) is 0 Å². The molecule has 1 aliphatic heterocycles. The molecule has 2 aromatic heterocycles. The summed E-state index contributed by atoms with van der Waals surface area (Å²) in [6.45, 7) is 5.42. The van der Waals surface area contributed by atoms with Crippen LogP contribution in [0, 0.1) is 19.8 Å². The highest BCUT2D eigenvalue weighted by Gasteiger charge is 2.30. The molecule has 1 saturated heterocycles. The monoisotopic (exact) mass is 392 g/mol. The molecule has 150 valence electrons. The summed E-state index contributed by atoms with van der Waals surface area (Å²) in [6.07, 6.45) is 1.25. The molecule has 1 aromatic carbocycles. The molecule has 0 bridgehead atoms. The molecule has 3 aromatic rings. The molecule has 29 heavy (non-hydrogen) atoms. The van der Waals surface area contributed by atoms with Crippen molar-refractivity contribution in [3.8, 4) is 6.01 Å². The van der Waals surface area contributed by atoms with Crippen LogP contribution in [-0.4, -0.2) is 32.5 Å². The Morgan fingerprint density at radius 1 is 1.14 bits per heavy atom. The van der Waals surface area contributed by atoms with Gasteiger partial charge < -0.3 is 14.2 Å². The van der Waals surface area contributed by atoms with Crippen molar-refractivity contribution in [2.45, 2.75) is 39.8 Å². The van der Waals surface area contributed by atoms with Crippen molar-refractivity contribution in [3.05, 3.63) is 70.9 Å². The molecule has 3 heterocycles. The molecule has 0 saturated carbocycles. The second kappa shape index (κ2) is 8.43. The summed E-state index contributed by atoms with van der Waals surface area (Å²) < 4.78 is 11.0. The number of hydrogen-bond acceptors (Lipinski definition) is 6. The normalized spacial score (nSPS) is 16.4. The lowest BCUT2D eigenvalue weighted by atomic mass is 10.0. The first kappa shape index (κ1) is 19.1. The van der Waals surface area contributed by atoms with E-state index in [-0.39, 0.29) is 18.4 Å². The predicted molar refractivity (Wildman–Crippen MR) is 106 cm³/mol. The van der Waals surface area contributed by atoms with E-state index in [0.717, 1.165) is 29.2 Å². The number of aromatic nitrogens is 3. The molecule has 1 fully saturated rings. The Morgan fingerprint density at radius 3 is 2.66 bits per heavy atom. The van der Waals surface area contributed by atoms with Crippen molar-refractivity contribution >= 4 is 5.91 Å². The van der Waals surface area contributed by atoms with E-state index in [0.29, 0.717) is 31.2 Å². The smallest absolute Gasteiger partial charge is 0.317 e. The average molecular weight is 392 g/mol. The molecule has 1 aliphatic rings. The van der Waals surface area contributed by atoms with E-state index in [9.17, 15) is 4.79 Å². The number of rotatable bonds is 7. The van der Waals surface area contributed by atoms with Crippen LogP contribution in [0.15, 0.2) is 47.0 Å². The van der Waals surface area contributed by atoms with E-state index < -0.39 is 0 Å². The number of hydrogen-bond donors (Lipinski definition) is 0. The van der Waals surface area contributed by atoms with Gasteiger partial charge in [0.1, 0.15) is 0 Å². The fourth-order valence-electron chi connectivity index (χ4n) is 3.66. The summed E-state index contributed by atoms with van der Waals surface area (Å²) in [7, 11) is 0. The van der Waals surface area contributed by atoms with Crippen LogP contribution in [0.3, 0.4) is 0 Å². The molecular formula is C22H24N4O3. The Morgan fingerprint density at radius 2 is 1.90 bits per heavy atom. The lowest BCUT2D eigenvalue weighted by Crippen LogP contribution is -2.24. The average Bonchev–Trinajstić information content (AvgIpc) is 3.27. The topological polar surface area (TPSA) is 81.4 Å². The van der Waals surface area contributed by atoms with Gasteiger partial charge in [0, 0.05) is 37.0 Å². The third-order valence-corrected chi connectivity index (χ3v) is 4.92. The van der Waals surface area contributed by atoms with Gasteiger partial charge in [0.15, 0.2) is 12.4 Å². The Kier molecular flexibility index (Phi) is 5.55. The first-order valence-corrected chi connectivity index (χ1v) is 9.76. The largest absolute Gasteiger partial charge is 0.455 e. The van der Waals surface area contributed by atoms with Gasteiger partial charge in [0.2, 0.25) is 5.91 Å². The SMILES string of the molecule is Cc1cc(C)nc(OCc2cc(CC3CC(=O)N(Cc4ccccc4)C3)no2)n1. The van der Waals surface area contributed by atoms with Gasteiger partial charge in [-0.1, -0.05) is 35.5 Å². The highest BCUT2D eigenvalue weighted by molar-refractivity contribution is 5.78. The van der Waals surface area contributed by atoms with Crippen LogP contribution in [0.4, 0.5) is 0 Å². The highest BCUT2D eigenvalue weighted by Crippen LogP contribution is 2.24. The molecule has 0 spiro atoms. The van der Waals surface area contributed by atoms with Crippen molar-refractivity contribution in [3.63, 3.8) is 0 Å². The number of aryl methyl sites for hydroxylation is 2. The number of ether oxygens (including phenoxy) is 1. The van der Waals surface area contributed by atoms with Gasteiger partial charge >= 0.3 is 6.01 Å². The van der Waals surface area contributed by atoms with Crippen LogP contribution in [0.2, 0.25) is 0 Å². The Bertz CT molecular complexity index is 966. The molecular weight excluding hydrogens is 368 g/mol. The summed E-state index contributed by atoms with van der Waals surface area (Å²) in [5.74, 6) is 1.05. The van der Waals surface area contributed by atoms with Crippen molar-refractivity contribution < 1.29 is 14.1 Å². The van der Waals surface area contributed by atoms with Crippen LogP contribution in [-0.2, 0) is 24.4 Å².